The summed E-state index contributed by atoms with van der Waals surface area (Å²) < 4.78 is 0. The summed E-state index contributed by atoms with van der Waals surface area (Å²) in [5.74, 6) is 0.590. The Kier molecular flexibility index (Phi) is 7.82. The van der Waals surface area contributed by atoms with Crippen LogP contribution in [-0.2, 0) is 19.4 Å². The number of nitrogens with zero attached hydrogens (tertiary/aromatic N) is 2. The van der Waals surface area contributed by atoms with E-state index >= 15 is 0 Å². The van der Waals surface area contributed by atoms with E-state index in [2.05, 4.69) is 77.2 Å². The average Bonchev–Trinajstić information content (AvgIpc) is 2.76. The van der Waals surface area contributed by atoms with Crippen molar-refractivity contribution in [3.63, 3.8) is 0 Å². The van der Waals surface area contributed by atoms with E-state index in [1.165, 1.54) is 80.5 Å². The summed E-state index contributed by atoms with van der Waals surface area (Å²) in [4.78, 5) is 5.15. The fourth-order valence-corrected chi connectivity index (χ4v) is 4.76. The van der Waals surface area contributed by atoms with Gasteiger partial charge in [-0.25, -0.2) is 0 Å². The van der Waals surface area contributed by atoms with E-state index < -0.39 is 0 Å². The quantitative estimate of drug-likeness (QED) is 0.521. The van der Waals surface area contributed by atoms with Crippen LogP contribution in [0.4, 0.5) is 0 Å². The molecule has 0 amide bonds. The number of hydrogen-bond acceptors (Lipinski definition) is 3. The highest BCUT2D eigenvalue weighted by molar-refractivity contribution is 5.61. The van der Waals surface area contributed by atoms with Gasteiger partial charge in [0.2, 0.25) is 0 Å². The molecule has 1 fully saturated rings. The number of nitrogens with one attached hydrogen (secondary N) is 1. The Balaban J connectivity index is 1.15. The number of unbranched alkanes of at least 4 members (excludes halogenated alkanes) is 1. The van der Waals surface area contributed by atoms with Crippen molar-refractivity contribution in [2.45, 2.75) is 45.6 Å². The van der Waals surface area contributed by atoms with Gasteiger partial charge in [-0.3, -0.25) is 4.90 Å². The van der Waals surface area contributed by atoms with E-state index in [0.29, 0.717) is 5.92 Å². The van der Waals surface area contributed by atoms with Gasteiger partial charge >= 0.3 is 0 Å². The predicted molar refractivity (Wildman–Crippen MR) is 132 cm³/mol. The van der Waals surface area contributed by atoms with Gasteiger partial charge in [-0.05, 0) is 79.9 Å². The average molecular weight is 418 g/mol. The Morgan fingerprint density at radius 3 is 2.48 bits per heavy atom. The topological polar surface area (TPSA) is 18.5 Å². The predicted octanol–water partition coefficient (Wildman–Crippen LogP) is 4.97. The van der Waals surface area contributed by atoms with Crippen molar-refractivity contribution in [1.29, 1.82) is 0 Å². The molecule has 0 bridgehead atoms. The molecule has 1 N–H and O–H groups in total. The van der Waals surface area contributed by atoms with Gasteiger partial charge in [-0.1, -0.05) is 62.0 Å². The summed E-state index contributed by atoms with van der Waals surface area (Å²) in [7, 11) is 0. The van der Waals surface area contributed by atoms with E-state index in [4.69, 9.17) is 0 Å². The molecule has 0 spiro atoms. The molecule has 3 heteroatoms. The van der Waals surface area contributed by atoms with Crippen LogP contribution in [0, 0.1) is 5.92 Å². The SMILES string of the molecule is C=C(NCC(C)CN1CCc2ccccc2C1)c1ccc(CCCCN2CCC2)cc1. The van der Waals surface area contributed by atoms with Crippen LogP contribution >= 0.6 is 0 Å². The maximum Gasteiger partial charge on any atom is 0.0340 e. The molecule has 1 saturated heterocycles. The van der Waals surface area contributed by atoms with Gasteiger partial charge in [-0.2, -0.15) is 0 Å². The van der Waals surface area contributed by atoms with Crippen molar-refractivity contribution < 1.29 is 0 Å². The highest BCUT2D eigenvalue weighted by Crippen LogP contribution is 2.20. The summed E-state index contributed by atoms with van der Waals surface area (Å²) in [6.07, 6.45) is 6.35. The fraction of sp³-hybridized carbons (Fsp3) is 0.500. The van der Waals surface area contributed by atoms with E-state index in [0.717, 1.165) is 25.3 Å². The third-order valence-corrected chi connectivity index (χ3v) is 6.88. The molecule has 2 aliphatic rings. The number of rotatable bonds is 11. The highest BCUT2D eigenvalue weighted by atomic mass is 15.2. The van der Waals surface area contributed by atoms with E-state index in [1.54, 1.807) is 0 Å². The molecule has 2 aliphatic heterocycles. The first kappa shape index (κ1) is 22.1. The molecule has 0 aromatic heterocycles. The van der Waals surface area contributed by atoms with Crippen LogP contribution in [0.5, 0.6) is 0 Å². The number of fused-ring (bicyclic) bond motifs is 1. The lowest BCUT2D eigenvalue weighted by Crippen LogP contribution is -2.37. The number of aryl methyl sites for hydroxylation is 1. The summed E-state index contributed by atoms with van der Waals surface area (Å²) in [5.41, 5.74) is 6.72. The smallest absolute Gasteiger partial charge is 0.0340 e. The number of likely N-dealkylation sites (tertiary alicyclic amines) is 1. The van der Waals surface area contributed by atoms with Gasteiger partial charge in [-0.15, -0.1) is 0 Å². The lowest BCUT2D eigenvalue weighted by molar-refractivity contribution is 0.178. The van der Waals surface area contributed by atoms with Crippen molar-refractivity contribution in [3.8, 4) is 0 Å². The monoisotopic (exact) mass is 417 g/mol. The third-order valence-electron chi connectivity index (χ3n) is 6.88. The summed E-state index contributed by atoms with van der Waals surface area (Å²) in [6.45, 7) is 14.9. The maximum atomic E-state index is 4.28. The minimum absolute atomic E-state index is 0.590. The molecule has 0 saturated carbocycles. The molecule has 1 unspecified atom stereocenters. The molecule has 2 heterocycles. The first-order valence-corrected chi connectivity index (χ1v) is 12.2. The normalized spacial score (nSPS) is 17.6. The highest BCUT2D eigenvalue weighted by Gasteiger charge is 2.17. The van der Waals surface area contributed by atoms with E-state index in [-0.39, 0.29) is 0 Å². The molecule has 166 valence electrons. The van der Waals surface area contributed by atoms with Crippen LogP contribution in [0.15, 0.2) is 55.1 Å². The molecule has 4 rings (SSSR count). The standard InChI is InChI=1S/C28H39N3/c1-23(21-31-19-15-27-9-3-4-10-28(27)22-31)20-29-24(2)26-13-11-25(12-14-26)8-5-6-16-30-17-7-18-30/h3-4,9-14,23,29H,2,5-8,15-22H2,1H3. The molecule has 2 aromatic rings. The van der Waals surface area contributed by atoms with Crippen LogP contribution in [0.2, 0.25) is 0 Å². The van der Waals surface area contributed by atoms with Crippen LogP contribution in [0.1, 0.15) is 48.4 Å². The molecule has 0 aliphatic carbocycles. The van der Waals surface area contributed by atoms with Crippen LogP contribution in [0.3, 0.4) is 0 Å². The fourth-order valence-electron chi connectivity index (χ4n) is 4.76. The summed E-state index contributed by atoms with van der Waals surface area (Å²) >= 11 is 0. The third kappa shape index (κ3) is 6.44. The molecule has 0 radical (unpaired) electrons. The Morgan fingerprint density at radius 2 is 1.74 bits per heavy atom. The second-order valence-corrected chi connectivity index (χ2v) is 9.57. The first-order chi connectivity index (χ1) is 15.2. The zero-order valence-corrected chi connectivity index (χ0v) is 19.3. The Hall–Kier alpha value is -2.10. The Bertz CT molecular complexity index is 838. The molecule has 2 aromatic carbocycles. The van der Waals surface area contributed by atoms with Gasteiger partial charge in [0.25, 0.3) is 0 Å². The molecule has 31 heavy (non-hydrogen) atoms. The van der Waals surface area contributed by atoms with Crippen molar-refractivity contribution in [2.75, 3.05) is 39.3 Å². The largest absolute Gasteiger partial charge is 0.385 e. The van der Waals surface area contributed by atoms with Crippen molar-refractivity contribution in [2.24, 2.45) is 5.92 Å². The van der Waals surface area contributed by atoms with Crippen molar-refractivity contribution >= 4 is 5.70 Å². The molecular weight excluding hydrogens is 378 g/mol. The summed E-state index contributed by atoms with van der Waals surface area (Å²) in [6, 6.07) is 17.9. The van der Waals surface area contributed by atoms with Gasteiger partial charge in [0.15, 0.2) is 0 Å². The van der Waals surface area contributed by atoms with Gasteiger partial charge in [0, 0.05) is 31.9 Å². The zero-order valence-electron chi connectivity index (χ0n) is 19.3. The number of benzene rings is 2. The lowest BCUT2D eigenvalue weighted by atomic mass is 9.99. The van der Waals surface area contributed by atoms with Crippen LogP contribution in [-0.4, -0.2) is 49.1 Å². The van der Waals surface area contributed by atoms with Gasteiger partial charge < -0.3 is 10.2 Å². The summed E-state index contributed by atoms with van der Waals surface area (Å²) in [5, 5.41) is 3.58. The number of hydrogen-bond donors (Lipinski definition) is 1. The van der Waals surface area contributed by atoms with E-state index in [9.17, 15) is 0 Å². The second-order valence-electron chi connectivity index (χ2n) is 9.57. The Labute approximate surface area is 189 Å². The van der Waals surface area contributed by atoms with Crippen LogP contribution in [0.25, 0.3) is 5.70 Å². The van der Waals surface area contributed by atoms with Crippen LogP contribution < -0.4 is 5.32 Å². The lowest BCUT2D eigenvalue weighted by Gasteiger charge is -2.31. The minimum Gasteiger partial charge on any atom is -0.385 e. The van der Waals surface area contributed by atoms with Gasteiger partial charge in [0.05, 0.1) is 0 Å². The first-order valence-electron chi connectivity index (χ1n) is 12.2. The van der Waals surface area contributed by atoms with E-state index in [1.807, 2.05) is 0 Å². The molecular formula is C28H39N3. The van der Waals surface area contributed by atoms with Crippen molar-refractivity contribution in [1.82, 2.24) is 15.1 Å². The van der Waals surface area contributed by atoms with Gasteiger partial charge in [0.1, 0.15) is 0 Å². The zero-order chi connectivity index (χ0) is 21.5. The second kappa shape index (κ2) is 11.0. The molecule has 3 nitrogen and oxygen atoms in total. The Morgan fingerprint density at radius 1 is 0.968 bits per heavy atom. The maximum absolute atomic E-state index is 4.28. The molecule has 1 atom stereocenters. The minimum atomic E-state index is 0.590. The van der Waals surface area contributed by atoms with Crippen molar-refractivity contribution in [3.05, 3.63) is 77.4 Å².